The number of hydrogen-bond acceptors (Lipinski definition) is 2. The molecular weight excluding hydrogens is 236 g/mol. The van der Waals surface area contributed by atoms with E-state index in [-0.39, 0.29) is 11.9 Å². The van der Waals surface area contributed by atoms with E-state index in [0.29, 0.717) is 5.92 Å². The van der Waals surface area contributed by atoms with Crippen molar-refractivity contribution in [2.45, 2.75) is 70.8 Å². The lowest BCUT2D eigenvalue weighted by molar-refractivity contribution is -0.123. The second-order valence-corrected chi connectivity index (χ2v) is 6.30. The maximum absolute atomic E-state index is 12.1. The fourth-order valence-electron chi connectivity index (χ4n) is 3.70. The molecule has 1 saturated carbocycles. The Hall–Kier alpha value is -0.570. The molecule has 1 saturated heterocycles. The van der Waals surface area contributed by atoms with Crippen molar-refractivity contribution >= 4 is 5.91 Å². The van der Waals surface area contributed by atoms with Gasteiger partial charge in [0.25, 0.3) is 0 Å². The molecule has 1 aliphatic heterocycles. The maximum Gasteiger partial charge on any atom is 0.237 e. The monoisotopic (exact) mass is 266 g/mol. The van der Waals surface area contributed by atoms with Crippen molar-refractivity contribution < 1.29 is 4.79 Å². The van der Waals surface area contributed by atoms with Crippen LogP contribution in [0.4, 0.5) is 0 Å². The van der Waals surface area contributed by atoms with Crippen molar-refractivity contribution in [3.05, 3.63) is 0 Å². The zero-order valence-electron chi connectivity index (χ0n) is 12.4. The van der Waals surface area contributed by atoms with E-state index in [1.165, 1.54) is 51.4 Å². The first-order chi connectivity index (χ1) is 9.33. The Bertz CT molecular complexity index is 280. The van der Waals surface area contributed by atoms with Gasteiger partial charge in [-0.25, -0.2) is 0 Å². The van der Waals surface area contributed by atoms with Gasteiger partial charge in [0.1, 0.15) is 0 Å². The normalized spacial score (nSPS) is 29.4. The molecule has 110 valence electrons. The van der Waals surface area contributed by atoms with E-state index in [4.69, 9.17) is 0 Å². The first-order valence-electron chi connectivity index (χ1n) is 8.34. The topological polar surface area (TPSA) is 41.1 Å². The maximum atomic E-state index is 12.1. The summed E-state index contributed by atoms with van der Waals surface area (Å²) in [6.45, 7) is 4.16. The fraction of sp³-hybridized carbons (Fsp3) is 0.938. The molecule has 19 heavy (non-hydrogen) atoms. The van der Waals surface area contributed by atoms with Gasteiger partial charge < -0.3 is 10.6 Å². The van der Waals surface area contributed by atoms with Crippen LogP contribution in [0.25, 0.3) is 0 Å². The SMILES string of the molecule is CCCCCCCCNC(=O)C1NCC2CCCC21. The van der Waals surface area contributed by atoms with E-state index in [1.807, 2.05) is 0 Å². The van der Waals surface area contributed by atoms with Gasteiger partial charge in [-0.15, -0.1) is 0 Å². The van der Waals surface area contributed by atoms with Gasteiger partial charge in [-0.2, -0.15) is 0 Å². The van der Waals surface area contributed by atoms with Crippen LogP contribution >= 0.6 is 0 Å². The molecule has 0 spiro atoms. The average Bonchev–Trinajstić information content (AvgIpc) is 2.99. The quantitative estimate of drug-likeness (QED) is 0.663. The van der Waals surface area contributed by atoms with Crippen molar-refractivity contribution in [2.75, 3.05) is 13.1 Å². The minimum absolute atomic E-state index is 0.104. The molecule has 1 aliphatic carbocycles. The number of carbonyl (C=O) groups is 1. The van der Waals surface area contributed by atoms with Gasteiger partial charge in [-0.3, -0.25) is 4.79 Å². The molecular formula is C16H30N2O. The highest BCUT2D eigenvalue weighted by atomic mass is 16.2. The number of hydrogen-bond donors (Lipinski definition) is 2. The highest BCUT2D eigenvalue weighted by Gasteiger charge is 2.42. The van der Waals surface area contributed by atoms with Crippen molar-refractivity contribution in [1.29, 1.82) is 0 Å². The second-order valence-electron chi connectivity index (χ2n) is 6.30. The Kier molecular flexibility index (Phi) is 6.15. The molecule has 3 unspecified atom stereocenters. The average molecular weight is 266 g/mol. The highest BCUT2D eigenvalue weighted by molar-refractivity contribution is 5.82. The standard InChI is InChI=1S/C16H30N2O/c1-2-3-4-5-6-7-11-17-16(19)15-14-10-8-9-13(14)12-18-15/h13-15,18H,2-12H2,1H3,(H,17,19). The van der Waals surface area contributed by atoms with Gasteiger partial charge in [0.2, 0.25) is 5.91 Å². The predicted molar refractivity (Wildman–Crippen MR) is 79.0 cm³/mol. The molecule has 3 heteroatoms. The summed E-state index contributed by atoms with van der Waals surface area (Å²) in [6, 6.07) is 0.104. The first kappa shape index (κ1) is 14.8. The third-order valence-corrected chi connectivity index (χ3v) is 4.86. The van der Waals surface area contributed by atoms with E-state index >= 15 is 0 Å². The molecule has 0 aromatic heterocycles. The smallest absolute Gasteiger partial charge is 0.237 e. The van der Waals surface area contributed by atoms with E-state index in [9.17, 15) is 4.79 Å². The Morgan fingerprint density at radius 2 is 1.95 bits per heavy atom. The van der Waals surface area contributed by atoms with Gasteiger partial charge in [0.15, 0.2) is 0 Å². The number of amides is 1. The lowest BCUT2D eigenvalue weighted by atomic mass is 9.93. The van der Waals surface area contributed by atoms with Crippen LogP contribution in [0.1, 0.15) is 64.7 Å². The van der Waals surface area contributed by atoms with Crippen LogP contribution in [-0.2, 0) is 4.79 Å². The van der Waals surface area contributed by atoms with Crippen LogP contribution in [0.15, 0.2) is 0 Å². The third-order valence-electron chi connectivity index (χ3n) is 4.86. The molecule has 3 nitrogen and oxygen atoms in total. The summed E-state index contributed by atoms with van der Waals surface area (Å²) in [5.41, 5.74) is 0. The largest absolute Gasteiger partial charge is 0.355 e. The molecule has 2 rings (SSSR count). The summed E-state index contributed by atoms with van der Waals surface area (Å²) in [7, 11) is 0. The fourth-order valence-corrected chi connectivity index (χ4v) is 3.70. The van der Waals surface area contributed by atoms with Gasteiger partial charge >= 0.3 is 0 Å². The lowest BCUT2D eigenvalue weighted by Gasteiger charge is -2.17. The molecule has 2 aliphatic rings. The molecule has 1 heterocycles. The van der Waals surface area contributed by atoms with Gasteiger partial charge in [0, 0.05) is 6.54 Å². The zero-order valence-corrected chi connectivity index (χ0v) is 12.4. The first-order valence-corrected chi connectivity index (χ1v) is 8.34. The Labute approximate surface area is 117 Å². The van der Waals surface area contributed by atoms with Crippen LogP contribution in [0, 0.1) is 11.8 Å². The third kappa shape index (κ3) is 4.20. The number of carbonyl (C=O) groups excluding carboxylic acids is 1. The van der Waals surface area contributed by atoms with Crippen LogP contribution in [0.3, 0.4) is 0 Å². The number of unbranched alkanes of at least 4 members (excludes halogenated alkanes) is 5. The van der Waals surface area contributed by atoms with Gasteiger partial charge in [0.05, 0.1) is 6.04 Å². The van der Waals surface area contributed by atoms with E-state index in [0.717, 1.165) is 25.4 Å². The van der Waals surface area contributed by atoms with E-state index in [2.05, 4.69) is 17.6 Å². The van der Waals surface area contributed by atoms with Crippen LogP contribution in [0.5, 0.6) is 0 Å². The zero-order chi connectivity index (χ0) is 13.5. The molecule has 0 bridgehead atoms. The van der Waals surface area contributed by atoms with Crippen molar-refractivity contribution in [2.24, 2.45) is 11.8 Å². The summed E-state index contributed by atoms with van der Waals surface area (Å²) >= 11 is 0. The second kappa shape index (κ2) is 7.88. The molecule has 2 fully saturated rings. The number of rotatable bonds is 8. The summed E-state index contributed by atoms with van der Waals surface area (Å²) < 4.78 is 0. The molecule has 3 atom stereocenters. The Balaban J connectivity index is 1.55. The molecule has 0 radical (unpaired) electrons. The van der Waals surface area contributed by atoms with Gasteiger partial charge in [-0.05, 0) is 37.6 Å². The Morgan fingerprint density at radius 3 is 2.79 bits per heavy atom. The van der Waals surface area contributed by atoms with Gasteiger partial charge in [-0.1, -0.05) is 45.4 Å². The minimum Gasteiger partial charge on any atom is -0.355 e. The molecule has 0 aromatic rings. The van der Waals surface area contributed by atoms with Crippen molar-refractivity contribution in [3.8, 4) is 0 Å². The van der Waals surface area contributed by atoms with Crippen molar-refractivity contribution in [3.63, 3.8) is 0 Å². The molecule has 0 aromatic carbocycles. The highest BCUT2D eigenvalue weighted by Crippen LogP contribution is 2.37. The Morgan fingerprint density at radius 1 is 1.16 bits per heavy atom. The van der Waals surface area contributed by atoms with E-state index in [1.54, 1.807) is 0 Å². The molecule has 1 amide bonds. The van der Waals surface area contributed by atoms with Crippen LogP contribution in [0.2, 0.25) is 0 Å². The predicted octanol–water partition coefficient (Wildman–Crippen LogP) is 2.85. The molecule has 2 N–H and O–H groups in total. The summed E-state index contributed by atoms with van der Waals surface area (Å²) in [4.78, 5) is 12.1. The van der Waals surface area contributed by atoms with Crippen LogP contribution in [-0.4, -0.2) is 25.0 Å². The number of nitrogens with one attached hydrogen (secondary N) is 2. The summed E-state index contributed by atoms with van der Waals surface area (Å²) in [5.74, 6) is 1.64. The van der Waals surface area contributed by atoms with E-state index < -0.39 is 0 Å². The summed E-state index contributed by atoms with van der Waals surface area (Å²) in [6.07, 6.45) is 11.6. The number of fused-ring (bicyclic) bond motifs is 1. The minimum atomic E-state index is 0.104. The van der Waals surface area contributed by atoms with Crippen molar-refractivity contribution in [1.82, 2.24) is 10.6 Å². The van der Waals surface area contributed by atoms with Crippen LogP contribution < -0.4 is 10.6 Å². The lowest BCUT2D eigenvalue weighted by Crippen LogP contribution is -2.44. The summed E-state index contributed by atoms with van der Waals surface area (Å²) in [5, 5.41) is 6.54.